The van der Waals surface area contributed by atoms with Crippen LogP contribution in [0.1, 0.15) is 88.5 Å². The van der Waals surface area contributed by atoms with Crippen LogP contribution in [0.25, 0.3) is 0 Å². The summed E-state index contributed by atoms with van der Waals surface area (Å²) in [4.78, 5) is 23.5. The van der Waals surface area contributed by atoms with Crippen LogP contribution in [-0.4, -0.2) is 54.9 Å². The van der Waals surface area contributed by atoms with Gasteiger partial charge in [-0.15, -0.1) is 0 Å². The van der Waals surface area contributed by atoms with E-state index in [9.17, 15) is 14.7 Å². The van der Waals surface area contributed by atoms with Gasteiger partial charge < -0.3 is 24.7 Å². The van der Waals surface area contributed by atoms with Crippen molar-refractivity contribution in [2.45, 2.75) is 123 Å². The summed E-state index contributed by atoms with van der Waals surface area (Å²) in [6.07, 6.45) is -0.610. The number of aliphatic hydroxyl groups excluding tert-OH is 1. The number of aliphatic carboxylic acids is 1. The van der Waals surface area contributed by atoms with Crippen molar-refractivity contribution in [3.8, 4) is 0 Å². The van der Waals surface area contributed by atoms with Gasteiger partial charge in [-0.2, -0.15) is 0 Å². The minimum absolute atomic E-state index is 0.101. The maximum Gasteiger partial charge on any atom is 0.407 e. The van der Waals surface area contributed by atoms with Gasteiger partial charge in [-0.1, -0.05) is 55.0 Å². The summed E-state index contributed by atoms with van der Waals surface area (Å²) in [5.74, 6) is -1.03. The second-order valence-electron chi connectivity index (χ2n) is 11.2. The number of ether oxygens (including phenoxy) is 1. The molecule has 0 heterocycles. The van der Waals surface area contributed by atoms with Gasteiger partial charge in [0.15, 0.2) is 8.32 Å². The van der Waals surface area contributed by atoms with E-state index < -0.39 is 38.1 Å². The van der Waals surface area contributed by atoms with Crippen LogP contribution in [0.2, 0.25) is 16.6 Å². The first-order valence-electron chi connectivity index (χ1n) is 12.2. The van der Waals surface area contributed by atoms with Crippen LogP contribution in [0.4, 0.5) is 4.79 Å². The van der Waals surface area contributed by atoms with Crippen molar-refractivity contribution in [3.05, 3.63) is 12.2 Å². The smallest absolute Gasteiger partial charge is 0.407 e. The number of carboxylic acids is 1. The first-order chi connectivity index (χ1) is 14.9. The second kappa shape index (κ2) is 13.5. The largest absolute Gasteiger partial charge is 0.478 e. The number of amides is 1. The Bertz CT molecular complexity index is 620. The molecular weight excluding hydrogens is 438 g/mol. The van der Waals surface area contributed by atoms with Crippen molar-refractivity contribution in [2.24, 2.45) is 5.92 Å². The number of carbonyl (C=O) groups excluding carboxylic acids is 1. The van der Waals surface area contributed by atoms with E-state index in [-0.39, 0.29) is 17.9 Å². The topological polar surface area (TPSA) is 105 Å². The molecular formula is C25H49NO6Si. The Labute approximate surface area is 202 Å². The van der Waals surface area contributed by atoms with Gasteiger partial charge in [0.2, 0.25) is 0 Å². The van der Waals surface area contributed by atoms with Crippen LogP contribution in [0, 0.1) is 5.92 Å². The molecule has 8 heteroatoms. The van der Waals surface area contributed by atoms with Crippen LogP contribution in [-0.2, 0) is 14.0 Å². The van der Waals surface area contributed by atoms with Crippen LogP contribution >= 0.6 is 0 Å². The van der Waals surface area contributed by atoms with Gasteiger partial charge in [0.05, 0.1) is 12.1 Å². The molecule has 1 amide bonds. The number of aliphatic hydroxyl groups is 1. The Kier molecular flexibility index (Phi) is 12.9. The van der Waals surface area contributed by atoms with E-state index in [1.807, 2.05) is 0 Å². The molecule has 0 aliphatic heterocycles. The van der Waals surface area contributed by atoms with E-state index in [2.05, 4.69) is 60.4 Å². The number of alkyl carbamates (subject to hydrolysis) is 1. The first kappa shape index (κ1) is 31.6. The Hall–Kier alpha value is -1.38. The first-order valence-corrected chi connectivity index (χ1v) is 14.3. The van der Waals surface area contributed by atoms with Crippen molar-refractivity contribution in [3.63, 3.8) is 0 Å². The lowest BCUT2D eigenvalue weighted by Gasteiger charge is -2.42. The van der Waals surface area contributed by atoms with Crippen LogP contribution < -0.4 is 5.32 Å². The molecule has 0 saturated carbocycles. The third kappa shape index (κ3) is 10.6. The van der Waals surface area contributed by atoms with E-state index in [0.717, 1.165) is 6.42 Å². The minimum atomic E-state index is -1.96. The number of rotatable bonds is 14. The van der Waals surface area contributed by atoms with Crippen molar-refractivity contribution in [2.75, 3.05) is 6.61 Å². The molecule has 0 bridgehead atoms. The zero-order valence-electron chi connectivity index (χ0n) is 22.5. The molecule has 0 spiro atoms. The molecule has 0 aromatic carbocycles. The molecule has 7 nitrogen and oxygen atoms in total. The summed E-state index contributed by atoms with van der Waals surface area (Å²) in [5, 5.41) is 22.5. The molecule has 194 valence electrons. The predicted octanol–water partition coefficient (Wildman–Crippen LogP) is 5.88. The maximum absolute atomic E-state index is 12.3. The summed E-state index contributed by atoms with van der Waals surface area (Å²) < 4.78 is 12.0. The fraction of sp³-hybridized carbons (Fsp3) is 0.840. The molecule has 33 heavy (non-hydrogen) atoms. The van der Waals surface area contributed by atoms with E-state index in [1.165, 1.54) is 0 Å². The Morgan fingerprint density at radius 2 is 1.48 bits per heavy atom. The third-order valence-electron chi connectivity index (χ3n) is 6.25. The molecule has 0 saturated heterocycles. The highest BCUT2D eigenvalue weighted by molar-refractivity contribution is 6.77. The van der Waals surface area contributed by atoms with Gasteiger partial charge in [0.1, 0.15) is 5.60 Å². The standard InChI is InChI=1S/C25H49NO6Si/c1-16(2)33(17(3)4,18(5)6)31-13-12-19(7)14-21(22(27)15-20(8)23(28)29)26-24(30)32-25(9,10)11/h16-19,21-22,27H,8,12-15H2,1-7,9-11H3,(H,26,30)(H,28,29)/t19-,21-,22-/m0/s1. The predicted molar refractivity (Wildman–Crippen MR) is 136 cm³/mol. The highest BCUT2D eigenvalue weighted by atomic mass is 28.4. The van der Waals surface area contributed by atoms with Gasteiger partial charge in [0, 0.05) is 18.6 Å². The van der Waals surface area contributed by atoms with E-state index >= 15 is 0 Å². The molecule has 0 fully saturated rings. The molecule has 0 unspecified atom stereocenters. The summed E-state index contributed by atoms with van der Waals surface area (Å²) in [6, 6.07) is -0.659. The van der Waals surface area contributed by atoms with E-state index in [4.69, 9.17) is 14.3 Å². The average Bonchev–Trinajstić information content (AvgIpc) is 2.61. The maximum atomic E-state index is 12.3. The van der Waals surface area contributed by atoms with Crippen molar-refractivity contribution in [1.82, 2.24) is 5.32 Å². The summed E-state index contributed by atoms with van der Waals surface area (Å²) in [6.45, 7) is 25.0. The van der Waals surface area contributed by atoms with Gasteiger partial charge in [-0.3, -0.25) is 0 Å². The highest BCUT2D eigenvalue weighted by Crippen LogP contribution is 2.42. The van der Waals surface area contributed by atoms with E-state index in [0.29, 0.717) is 29.7 Å². The Morgan fingerprint density at radius 3 is 1.88 bits per heavy atom. The van der Waals surface area contributed by atoms with Gasteiger partial charge >= 0.3 is 12.1 Å². The number of carbonyl (C=O) groups is 2. The lowest BCUT2D eigenvalue weighted by atomic mass is 9.92. The van der Waals surface area contributed by atoms with Gasteiger partial charge in [-0.25, -0.2) is 9.59 Å². The number of hydrogen-bond acceptors (Lipinski definition) is 5. The molecule has 0 rings (SSSR count). The van der Waals surface area contributed by atoms with Crippen molar-refractivity contribution < 1.29 is 29.0 Å². The van der Waals surface area contributed by atoms with E-state index in [1.54, 1.807) is 20.8 Å². The fourth-order valence-corrected chi connectivity index (χ4v) is 10.2. The number of carboxylic acid groups (broad SMARTS) is 1. The van der Waals surface area contributed by atoms with Gasteiger partial charge in [0.25, 0.3) is 0 Å². The zero-order chi connectivity index (χ0) is 26.1. The lowest BCUT2D eigenvalue weighted by Crippen LogP contribution is -2.48. The molecule has 0 aliphatic rings. The fourth-order valence-electron chi connectivity index (χ4n) is 4.74. The summed E-state index contributed by atoms with van der Waals surface area (Å²) >= 11 is 0. The number of nitrogens with one attached hydrogen (secondary N) is 1. The molecule has 3 N–H and O–H groups in total. The van der Waals surface area contributed by atoms with Crippen molar-refractivity contribution in [1.29, 1.82) is 0 Å². The molecule has 0 aromatic rings. The lowest BCUT2D eigenvalue weighted by molar-refractivity contribution is -0.133. The summed E-state index contributed by atoms with van der Waals surface area (Å²) in [7, 11) is -1.96. The highest BCUT2D eigenvalue weighted by Gasteiger charge is 2.44. The molecule has 3 atom stereocenters. The Balaban J connectivity index is 5.27. The van der Waals surface area contributed by atoms with Crippen LogP contribution in [0.15, 0.2) is 12.2 Å². The average molecular weight is 488 g/mol. The second-order valence-corrected chi connectivity index (χ2v) is 16.7. The zero-order valence-corrected chi connectivity index (χ0v) is 23.5. The molecule has 0 aromatic heterocycles. The van der Waals surface area contributed by atoms with Crippen molar-refractivity contribution >= 4 is 20.4 Å². The summed E-state index contributed by atoms with van der Waals surface area (Å²) in [5.41, 5.74) is 0.716. The quantitative estimate of drug-likeness (QED) is 0.209. The normalized spacial score (nSPS) is 15.5. The van der Waals surface area contributed by atoms with Gasteiger partial charge in [-0.05, 0) is 56.2 Å². The Morgan fingerprint density at radius 1 is 1.00 bits per heavy atom. The monoisotopic (exact) mass is 487 g/mol. The third-order valence-corrected chi connectivity index (χ3v) is 12.4. The van der Waals surface area contributed by atoms with Crippen LogP contribution in [0.3, 0.4) is 0 Å². The number of hydrogen-bond donors (Lipinski definition) is 3. The minimum Gasteiger partial charge on any atom is -0.478 e. The molecule has 0 radical (unpaired) electrons. The molecule has 0 aliphatic carbocycles. The van der Waals surface area contributed by atoms with Crippen LogP contribution in [0.5, 0.6) is 0 Å². The SMILES string of the molecule is C=C(C[C@H](O)[C@H](C[C@@H](C)CCO[Si](C(C)C)(C(C)C)C(C)C)NC(=O)OC(C)(C)C)C(=O)O.